The first-order valence-electron chi connectivity index (χ1n) is 10.9. The van der Waals surface area contributed by atoms with Crippen LogP contribution in [0.3, 0.4) is 0 Å². The fraction of sp³-hybridized carbons (Fsp3) is 0.391. The minimum Gasteiger partial charge on any atom is -0.451 e. The van der Waals surface area contributed by atoms with E-state index in [0.717, 1.165) is 21.3 Å². The number of likely N-dealkylation sites (N-methyl/N-ethyl adjacent to an activating group) is 1. The van der Waals surface area contributed by atoms with Gasteiger partial charge >= 0.3 is 6.09 Å². The lowest BCUT2D eigenvalue weighted by Crippen LogP contribution is -2.42. The Labute approximate surface area is 211 Å². The Morgan fingerprint density at radius 2 is 1.67 bits per heavy atom. The van der Waals surface area contributed by atoms with E-state index in [0.29, 0.717) is 0 Å². The Hall–Kier alpha value is -3.13. The van der Waals surface area contributed by atoms with Gasteiger partial charge in [0, 0.05) is 27.2 Å². The summed E-state index contributed by atoms with van der Waals surface area (Å²) in [5.41, 5.74) is 1.40. The molecule has 0 radical (unpaired) electrons. The zero-order chi connectivity index (χ0) is 27.1. The maximum Gasteiger partial charge on any atom is 0.409 e. The lowest BCUT2D eigenvalue weighted by atomic mass is 10.3. The summed E-state index contributed by atoms with van der Waals surface area (Å²) in [4.78, 5) is 24.5. The molecule has 2 N–H and O–H groups in total. The molecule has 0 aliphatic rings. The van der Waals surface area contributed by atoms with Crippen molar-refractivity contribution in [1.29, 1.82) is 0 Å². The van der Waals surface area contributed by atoms with Crippen LogP contribution in [-0.4, -0.2) is 77.6 Å². The van der Waals surface area contributed by atoms with Crippen LogP contribution in [0.4, 0.5) is 13.6 Å². The SMILES string of the molecule is CC.COCCOC(=O)N(C)CCN(CC(=O)NO)S(=O)c1cc(F)c(Oc2ccccc2)c(F)c1. The zero-order valence-electron chi connectivity index (χ0n) is 20.5. The number of halogens is 2. The average molecular weight is 532 g/mol. The number of carbonyl (C=O) groups is 2. The van der Waals surface area contributed by atoms with Gasteiger partial charge in [0.1, 0.15) is 23.3 Å². The van der Waals surface area contributed by atoms with Crippen molar-refractivity contribution in [3.63, 3.8) is 0 Å². The van der Waals surface area contributed by atoms with Gasteiger partial charge in [-0.3, -0.25) is 10.0 Å². The number of benzene rings is 2. The number of nitrogens with one attached hydrogen (secondary N) is 1. The standard InChI is InChI=1S/C21H25F2N3O7S.C2H6/c1-25(21(28)32-11-10-31-2)8-9-26(14-19(27)24-29)34(30)16-12-17(22)20(18(23)13-16)33-15-6-4-3-5-7-15;1-2/h3-7,12-13,29H,8-11,14H2,1-2H3,(H,24,27);1-2H3. The zero-order valence-corrected chi connectivity index (χ0v) is 21.3. The number of rotatable bonds is 12. The number of ether oxygens (including phenoxy) is 3. The fourth-order valence-electron chi connectivity index (χ4n) is 2.58. The van der Waals surface area contributed by atoms with Crippen molar-refractivity contribution in [1.82, 2.24) is 14.7 Å². The van der Waals surface area contributed by atoms with Crippen LogP contribution in [0, 0.1) is 11.6 Å². The van der Waals surface area contributed by atoms with Gasteiger partial charge in [0.2, 0.25) is 0 Å². The van der Waals surface area contributed by atoms with Gasteiger partial charge in [0.05, 0.1) is 18.0 Å². The highest BCUT2D eigenvalue weighted by atomic mass is 32.2. The number of amides is 2. The second kappa shape index (κ2) is 16.5. The number of hydroxylamine groups is 1. The highest BCUT2D eigenvalue weighted by molar-refractivity contribution is 7.82. The molecule has 2 amide bonds. The fourth-order valence-corrected chi connectivity index (χ4v) is 3.77. The van der Waals surface area contributed by atoms with Crippen LogP contribution >= 0.6 is 0 Å². The van der Waals surface area contributed by atoms with E-state index in [-0.39, 0.29) is 36.9 Å². The summed E-state index contributed by atoms with van der Waals surface area (Å²) in [7, 11) is 0.633. The number of hydrogen-bond acceptors (Lipinski definition) is 7. The number of nitrogens with zero attached hydrogens (tertiary/aromatic N) is 2. The first-order valence-corrected chi connectivity index (χ1v) is 12.1. The number of carbonyl (C=O) groups excluding carboxylic acids is 2. The molecule has 2 rings (SSSR count). The van der Waals surface area contributed by atoms with Gasteiger partial charge < -0.3 is 19.1 Å². The molecular weight excluding hydrogens is 500 g/mol. The van der Waals surface area contributed by atoms with Gasteiger partial charge in [-0.15, -0.1) is 0 Å². The molecule has 13 heteroatoms. The summed E-state index contributed by atoms with van der Waals surface area (Å²) in [5.74, 6) is -3.58. The molecule has 0 bridgehead atoms. The second-order valence-electron chi connectivity index (χ2n) is 6.81. The van der Waals surface area contributed by atoms with E-state index in [4.69, 9.17) is 19.4 Å². The predicted octanol–water partition coefficient (Wildman–Crippen LogP) is 3.33. The summed E-state index contributed by atoms with van der Waals surface area (Å²) in [6.07, 6.45) is -0.686. The molecule has 0 aliphatic carbocycles. The predicted molar refractivity (Wildman–Crippen MR) is 128 cm³/mol. The van der Waals surface area contributed by atoms with Crippen LogP contribution < -0.4 is 10.2 Å². The van der Waals surface area contributed by atoms with Gasteiger partial charge in [-0.25, -0.2) is 27.6 Å². The highest BCUT2D eigenvalue weighted by Gasteiger charge is 2.24. The highest BCUT2D eigenvalue weighted by Crippen LogP contribution is 2.30. The van der Waals surface area contributed by atoms with Crippen molar-refractivity contribution in [2.75, 3.05) is 47.0 Å². The molecule has 0 spiro atoms. The van der Waals surface area contributed by atoms with Crippen molar-refractivity contribution < 1.29 is 42.0 Å². The molecule has 0 fully saturated rings. The number of methoxy groups -OCH3 is 1. The van der Waals surface area contributed by atoms with Crippen LogP contribution in [0.5, 0.6) is 11.5 Å². The van der Waals surface area contributed by atoms with E-state index in [1.807, 2.05) is 13.8 Å². The van der Waals surface area contributed by atoms with Gasteiger partial charge in [0.15, 0.2) is 17.4 Å². The van der Waals surface area contributed by atoms with Gasteiger partial charge in [-0.05, 0) is 24.3 Å². The monoisotopic (exact) mass is 531 g/mol. The lowest BCUT2D eigenvalue weighted by molar-refractivity contribution is -0.129. The van der Waals surface area contributed by atoms with E-state index in [2.05, 4.69) is 0 Å². The summed E-state index contributed by atoms with van der Waals surface area (Å²) < 4.78 is 58.2. The van der Waals surface area contributed by atoms with Crippen LogP contribution in [0.15, 0.2) is 47.4 Å². The molecule has 200 valence electrons. The first kappa shape index (κ1) is 30.9. The minimum absolute atomic E-state index is 0.0260. The van der Waals surface area contributed by atoms with Crippen LogP contribution in [0.1, 0.15) is 13.8 Å². The number of hydrogen-bond donors (Lipinski definition) is 2. The molecule has 10 nitrogen and oxygen atoms in total. The molecule has 2 aromatic carbocycles. The maximum atomic E-state index is 14.6. The Morgan fingerprint density at radius 3 is 2.22 bits per heavy atom. The topological polar surface area (TPSA) is 118 Å². The summed E-state index contributed by atoms with van der Waals surface area (Å²) >= 11 is 0. The van der Waals surface area contributed by atoms with Crippen LogP contribution in [-0.2, 0) is 25.3 Å². The van der Waals surface area contributed by atoms with Crippen LogP contribution in [0.2, 0.25) is 0 Å². The van der Waals surface area contributed by atoms with E-state index in [1.165, 1.54) is 31.8 Å². The van der Waals surface area contributed by atoms with Crippen molar-refractivity contribution in [3.8, 4) is 11.5 Å². The molecule has 36 heavy (non-hydrogen) atoms. The molecule has 0 saturated carbocycles. The molecule has 2 aromatic rings. The molecule has 0 aliphatic heterocycles. The third-order valence-corrected chi connectivity index (χ3v) is 5.74. The van der Waals surface area contributed by atoms with Gasteiger partial charge in [-0.2, -0.15) is 0 Å². The molecule has 0 saturated heterocycles. The Balaban J connectivity index is 0.00000316. The molecule has 1 atom stereocenters. The molecule has 1 unspecified atom stereocenters. The third kappa shape index (κ3) is 9.85. The summed E-state index contributed by atoms with van der Waals surface area (Å²) in [6.45, 7) is 3.45. The van der Waals surface area contributed by atoms with E-state index in [9.17, 15) is 22.6 Å². The van der Waals surface area contributed by atoms with Crippen molar-refractivity contribution in [2.24, 2.45) is 0 Å². The number of para-hydroxylation sites is 1. The van der Waals surface area contributed by atoms with Crippen molar-refractivity contribution in [2.45, 2.75) is 18.7 Å². The minimum atomic E-state index is -2.23. The first-order chi connectivity index (χ1) is 17.3. The van der Waals surface area contributed by atoms with Crippen molar-refractivity contribution in [3.05, 3.63) is 54.1 Å². The Morgan fingerprint density at radius 1 is 1.06 bits per heavy atom. The smallest absolute Gasteiger partial charge is 0.409 e. The normalized spacial score (nSPS) is 11.2. The van der Waals surface area contributed by atoms with E-state index >= 15 is 0 Å². The average Bonchev–Trinajstić information content (AvgIpc) is 2.89. The second-order valence-corrected chi connectivity index (χ2v) is 8.29. The summed E-state index contributed by atoms with van der Waals surface area (Å²) in [6, 6.07) is 9.63. The molecule has 0 aromatic heterocycles. The Kier molecular flexibility index (Phi) is 14.2. The molecule has 0 heterocycles. The van der Waals surface area contributed by atoms with Crippen molar-refractivity contribution >= 4 is 23.0 Å². The lowest BCUT2D eigenvalue weighted by Gasteiger charge is -2.24. The third-order valence-electron chi connectivity index (χ3n) is 4.33. The van der Waals surface area contributed by atoms with E-state index in [1.54, 1.807) is 18.2 Å². The maximum absolute atomic E-state index is 14.6. The molecular formula is C23H31F2N3O7S. The quantitative estimate of drug-likeness (QED) is 0.245. The Bertz CT molecular complexity index is 976. The largest absolute Gasteiger partial charge is 0.451 e. The van der Waals surface area contributed by atoms with E-state index < -0.39 is 46.9 Å². The van der Waals surface area contributed by atoms with Gasteiger partial charge in [-0.1, -0.05) is 32.0 Å². The van der Waals surface area contributed by atoms with Crippen LogP contribution in [0.25, 0.3) is 0 Å². The summed E-state index contributed by atoms with van der Waals surface area (Å²) in [5, 5.41) is 8.83. The van der Waals surface area contributed by atoms with Gasteiger partial charge in [0.25, 0.3) is 5.91 Å².